The zero-order valence-corrected chi connectivity index (χ0v) is 9.46. The van der Waals surface area contributed by atoms with Gasteiger partial charge in [0.05, 0.1) is 11.6 Å². The Labute approximate surface area is 97.8 Å². The van der Waals surface area contributed by atoms with E-state index in [4.69, 9.17) is 21.8 Å². The van der Waals surface area contributed by atoms with E-state index in [0.29, 0.717) is 22.1 Å². The molecule has 16 heavy (non-hydrogen) atoms. The molecular weight excluding hydrogens is 229 g/mol. The normalized spacial score (nSPS) is 12.8. The molecule has 1 heterocycles. The third-order valence-corrected chi connectivity index (χ3v) is 2.50. The molecule has 2 aromatic rings. The van der Waals surface area contributed by atoms with Gasteiger partial charge in [-0.15, -0.1) is 0 Å². The lowest BCUT2D eigenvalue weighted by Crippen LogP contribution is -2.02. The lowest BCUT2D eigenvalue weighted by atomic mass is 10.1. The van der Waals surface area contributed by atoms with Gasteiger partial charge >= 0.3 is 0 Å². The molecule has 0 aliphatic carbocycles. The zero-order valence-electron chi connectivity index (χ0n) is 8.71. The number of halogens is 2. The highest BCUT2D eigenvalue weighted by molar-refractivity contribution is 6.30. The van der Waals surface area contributed by atoms with Crippen molar-refractivity contribution in [2.45, 2.75) is 13.0 Å². The van der Waals surface area contributed by atoms with E-state index < -0.39 is 0 Å². The van der Waals surface area contributed by atoms with Crippen LogP contribution in [0.25, 0.3) is 11.3 Å². The van der Waals surface area contributed by atoms with Crippen LogP contribution in [0.3, 0.4) is 0 Å². The van der Waals surface area contributed by atoms with Crippen LogP contribution < -0.4 is 5.73 Å². The van der Waals surface area contributed by atoms with Crippen molar-refractivity contribution in [3.63, 3.8) is 0 Å². The summed E-state index contributed by atoms with van der Waals surface area (Å²) >= 11 is 5.80. The molecule has 84 valence electrons. The Balaban J connectivity index is 2.46. The second-order valence-corrected chi connectivity index (χ2v) is 4.05. The van der Waals surface area contributed by atoms with Crippen molar-refractivity contribution in [3.05, 3.63) is 46.9 Å². The molecule has 0 amide bonds. The molecule has 4 heteroatoms. The summed E-state index contributed by atoms with van der Waals surface area (Å²) in [6.45, 7) is 1.80. The summed E-state index contributed by atoms with van der Waals surface area (Å²) in [6, 6.07) is 7.55. The number of nitrogens with two attached hydrogens (primary N) is 1. The minimum atomic E-state index is -0.366. The van der Waals surface area contributed by atoms with Gasteiger partial charge in [0.25, 0.3) is 0 Å². The summed E-state index contributed by atoms with van der Waals surface area (Å²) in [5.41, 5.74) is 6.01. The summed E-state index contributed by atoms with van der Waals surface area (Å²) in [4.78, 5) is 0. The van der Waals surface area contributed by atoms with Gasteiger partial charge in [0.15, 0.2) is 0 Å². The molecule has 0 bridgehead atoms. The predicted octanol–water partition coefficient (Wildman–Crippen LogP) is 3.76. The Morgan fingerprint density at radius 2 is 2.06 bits per heavy atom. The van der Waals surface area contributed by atoms with Crippen molar-refractivity contribution < 1.29 is 8.81 Å². The molecule has 2 N–H and O–H groups in total. The van der Waals surface area contributed by atoms with Crippen molar-refractivity contribution in [1.82, 2.24) is 0 Å². The smallest absolute Gasteiger partial charge is 0.137 e. The number of benzene rings is 1. The molecular formula is C12H11ClFNO. The maximum Gasteiger partial charge on any atom is 0.137 e. The quantitative estimate of drug-likeness (QED) is 0.867. The van der Waals surface area contributed by atoms with E-state index in [9.17, 15) is 4.39 Å². The van der Waals surface area contributed by atoms with Crippen LogP contribution >= 0.6 is 11.6 Å². The molecule has 0 saturated heterocycles. The van der Waals surface area contributed by atoms with Gasteiger partial charge in [0.2, 0.25) is 0 Å². The minimum absolute atomic E-state index is 0.212. The van der Waals surface area contributed by atoms with Crippen LogP contribution in [0.1, 0.15) is 18.7 Å². The number of furan rings is 1. The van der Waals surface area contributed by atoms with Gasteiger partial charge in [-0.05, 0) is 37.3 Å². The Kier molecular flexibility index (Phi) is 2.99. The van der Waals surface area contributed by atoms with Crippen LogP contribution in [-0.2, 0) is 0 Å². The molecule has 1 atom stereocenters. The van der Waals surface area contributed by atoms with Crippen molar-refractivity contribution in [2.24, 2.45) is 5.73 Å². The van der Waals surface area contributed by atoms with E-state index in [1.165, 1.54) is 18.2 Å². The van der Waals surface area contributed by atoms with E-state index in [-0.39, 0.29) is 11.9 Å². The third-order valence-electron chi connectivity index (χ3n) is 2.27. The monoisotopic (exact) mass is 239 g/mol. The van der Waals surface area contributed by atoms with E-state index in [1.54, 1.807) is 19.1 Å². The van der Waals surface area contributed by atoms with Gasteiger partial charge in [-0.2, -0.15) is 0 Å². The van der Waals surface area contributed by atoms with Crippen molar-refractivity contribution in [1.29, 1.82) is 0 Å². The summed E-state index contributed by atoms with van der Waals surface area (Å²) in [6.07, 6.45) is 0. The van der Waals surface area contributed by atoms with Crippen LogP contribution in [0.2, 0.25) is 5.02 Å². The van der Waals surface area contributed by atoms with Crippen LogP contribution in [0, 0.1) is 5.82 Å². The van der Waals surface area contributed by atoms with Crippen LogP contribution in [0.4, 0.5) is 4.39 Å². The highest BCUT2D eigenvalue weighted by Gasteiger charge is 2.11. The molecule has 1 aromatic heterocycles. The van der Waals surface area contributed by atoms with Crippen molar-refractivity contribution >= 4 is 11.6 Å². The van der Waals surface area contributed by atoms with E-state index in [1.807, 2.05) is 0 Å². The summed E-state index contributed by atoms with van der Waals surface area (Å²) in [7, 11) is 0. The highest BCUT2D eigenvalue weighted by Crippen LogP contribution is 2.28. The molecule has 0 aliphatic heterocycles. The van der Waals surface area contributed by atoms with Gasteiger partial charge < -0.3 is 10.2 Å². The Hall–Kier alpha value is -1.32. The lowest BCUT2D eigenvalue weighted by molar-refractivity contribution is 0.487. The molecule has 0 fully saturated rings. The number of hydrogen-bond donors (Lipinski definition) is 1. The third kappa shape index (κ3) is 2.10. The molecule has 1 unspecified atom stereocenters. The SMILES string of the molecule is CC(N)c1ccc(-c2cc(Cl)ccc2F)o1. The molecule has 2 rings (SSSR count). The first-order valence-electron chi connectivity index (χ1n) is 4.88. The first-order valence-corrected chi connectivity index (χ1v) is 5.26. The Morgan fingerprint density at radius 3 is 2.69 bits per heavy atom. The molecule has 1 aromatic carbocycles. The first kappa shape index (κ1) is 11.2. The summed E-state index contributed by atoms with van der Waals surface area (Å²) in [5, 5.41) is 0.468. The highest BCUT2D eigenvalue weighted by atomic mass is 35.5. The van der Waals surface area contributed by atoms with Crippen molar-refractivity contribution in [2.75, 3.05) is 0 Å². The lowest BCUT2D eigenvalue weighted by Gasteiger charge is -2.02. The van der Waals surface area contributed by atoms with Crippen LogP contribution in [0.15, 0.2) is 34.7 Å². The zero-order chi connectivity index (χ0) is 11.7. The number of hydrogen-bond acceptors (Lipinski definition) is 2. The van der Waals surface area contributed by atoms with Gasteiger partial charge in [-0.25, -0.2) is 4.39 Å². The average molecular weight is 240 g/mol. The first-order chi connectivity index (χ1) is 7.58. The fourth-order valence-electron chi connectivity index (χ4n) is 1.43. The fraction of sp³-hybridized carbons (Fsp3) is 0.167. The molecule has 0 spiro atoms. The maximum absolute atomic E-state index is 13.5. The largest absolute Gasteiger partial charge is 0.459 e. The van der Waals surface area contributed by atoms with E-state index in [2.05, 4.69) is 0 Å². The van der Waals surface area contributed by atoms with Gasteiger partial charge in [-0.3, -0.25) is 0 Å². The molecule has 0 saturated carbocycles. The molecule has 2 nitrogen and oxygen atoms in total. The topological polar surface area (TPSA) is 39.2 Å². The Morgan fingerprint density at radius 1 is 1.31 bits per heavy atom. The average Bonchev–Trinajstić information content (AvgIpc) is 2.70. The van der Waals surface area contributed by atoms with Gasteiger partial charge in [-0.1, -0.05) is 11.6 Å². The van der Waals surface area contributed by atoms with Crippen LogP contribution in [0.5, 0.6) is 0 Å². The summed E-state index contributed by atoms with van der Waals surface area (Å²) < 4.78 is 19.0. The minimum Gasteiger partial charge on any atom is -0.459 e. The van der Waals surface area contributed by atoms with E-state index >= 15 is 0 Å². The van der Waals surface area contributed by atoms with Crippen LogP contribution in [-0.4, -0.2) is 0 Å². The number of rotatable bonds is 2. The second kappa shape index (κ2) is 4.28. The van der Waals surface area contributed by atoms with Gasteiger partial charge in [0.1, 0.15) is 17.3 Å². The van der Waals surface area contributed by atoms with Gasteiger partial charge in [0, 0.05) is 5.02 Å². The fourth-order valence-corrected chi connectivity index (χ4v) is 1.60. The maximum atomic E-state index is 13.5. The Bertz CT molecular complexity index is 507. The second-order valence-electron chi connectivity index (χ2n) is 3.61. The van der Waals surface area contributed by atoms with Crippen molar-refractivity contribution in [3.8, 4) is 11.3 Å². The standard InChI is InChI=1S/C12H11ClFNO/c1-7(15)11-4-5-12(16-11)9-6-8(13)2-3-10(9)14/h2-7H,15H2,1H3. The summed E-state index contributed by atoms with van der Waals surface area (Å²) in [5.74, 6) is 0.691. The molecule has 0 radical (unpaired) electrons. The van der Waals surface area contributed by atoms with E-state index in [0.717, 1.165) is 0 Å². The molecule has 0 aliphatic rings. The predicted molar refractivity (Wildman–Crippen MR) is 61.7 cm³/mol.